The average molecular weight is 306 g/mol. The normalized spacial score (nSPS) is 21.8. The first-order valence-electron chi connectivity index (χ1n) is 6.12. The highest BCUT2D eigenvalue weighted by molar-refractivity contribution is 5.95. The highest BCUT2D eigenvalue weighted by atomic mass is 35.5. The minimum Gasteiger partial charge on any atom is -0.349 e. The van der Waals surface area contributed by atoms with E-state index in [2.05, 4.69) is 22.5 Å². The number of aryl methyl sites for hydroxylation is 1. The van der Waals surface area contributed by atoms with E-state index in [1.807, 2.05) is 13.0 Å². The molecule has 0 aliphatic carbocycles. The quantitative estimate of drug-likeness (QED) is 0.880. The van der Waals surface area contributed by atoms with Gasteiger partial charge in [0.15, 0.2) is 0 Å². The molecule has 2 rings (SSSR count). The van der Waals surface area contributed by atoms with Crippen molar-refractivity contribution in [3.05, 3.63) is 29.6 Å². The van der Waals surface area contributed by atoms with E-state index in [0.717, 1.165) is 25.1 Å². The number of hydrogen-bond acceptors (Lipinski definition) is 3. The number of nitrogens with zero attached hydrogens (tertiary/aromatic N) is 1. The van der Waals surface area contributed by atoms with Crippen molar-refractivity contribution in [3.63, 3.8) is 0 Å². The van der Waals surface area contributed by atoms with Gasteiger partial charge in [-0.1, -0.05) is 0 Å². The molecule has 1 aliphatic heterocycles. The van der Waals surface area contributed by atoms with Gasteiger partial charge in [-0.05, 0) is 45.4 Å². The summed E-state index contributed by atoms with van der Waals surface area (Å²) in [6.07, 6.45) is 3.69. The Kier molecular flexibility index (Phi) is 7.99. The second-order valence-corrected chi connectivity index (χ2v) is 4.69. The van der Waals surface area contributed by atoms with E-state index in [1.54, 1.807) is 12.3 Å². The van der Waals surface area contributed by atoms with E-state index >= 15 is 0 Å². The first-order valence-corrected chi connectivity index (χ1v) is 6.12. The van der Waals surface area contributed by atoms with Crippen molar-refractivity contribution in [1.29, 1.82) is 0 Å². The summed E-state index contributed by atoms with van der Waals surface area (Å²) in [4.78, 5) is 16.2. The molecule has 1 amide bonds. The molecule has 0 aromatic carbocycles. The number of pyridine rings is 1. The Hall–Kier alpha value is -0.840. The average Bonchev–Trinajstić information content (AvgIpc) is 2.29. The van der Waals surface area contributed by atoms with Crippen molar-refractivity contribution in [1.82, 2.24) is 15.6 Å². The van der Waals surface area contributed by atoms with Crippen LogP contribution in [0.4, 0.5) is 0 Å². The molecule has 1 aromatic heterocycles. The number of rotatable bonds is 2. The van der Waals surface area contributed by atoms with Crippen LogP contribution < -0.4 is 10.6 Å². The highest BCUT2D eigenvalue weighted by Gasteiger charge is 2.21. The second-order valence-electron chi connectivity index (χ2n) is 4.69. The minimum absolute atomic E-state index is 0. The summed E-state index contributed by atoms with van der Waals surface area (Å²) in [6, 6.07) is 4.37. The molecule has 2 atom stereocenters. The number of aromatic nitrogens is 1. The van der Waals surface area contributed by atoms with Crippen LogP contribution in [-0.2, 0) is 0 Å². The lowest BCUT2D eigenvalue weighted by molar-refractivity contribution is 0.0924. The molecule has 0 spiro atoms. The highest BCUT2D eigenvalue weighted by Crippen LogP contribution is 2.10. The Labute approximate surface area is 126 Å². The SMILES string of the molecule is Cc1ncccc1C(=O)NC1CCNC(C)C1.Cl.Cl. The summed E-state index contributed by atoms with van der Waals surface area (Å²) in [5.74, 6) is -0.00491. The molecule has 2 N–H and O–H groups in total. The van der Waals surface area contributed by atoms with Gasteiger partial charge in [-0.25, -0.2) is 0 Å². The van der Waals surface area contributed by atoms with Gasteiger partial charge in [0.2, 0.25) is 0 Å². The summed E-state index contributed by atoms with van der Waals surface area (Å²) in [5, 5.41) is 6.46. The molecule has 6 heteroatoms. The van der Waals surface area contributed by atoms with Crippen molar-refractivity contribution in [2.45, 2.75) is 38.8 Å². The molecule has 2 unspecified atom stereocenters. The van der Waals surface area contributed by atoms with E-state index in [0.29, 0.717) is 11.6 Å². The third-order valence-corrected chi connectivity index (χ3v) is 3.21. The van der Waals surface area contributed by atoms with E-state index in [-0.39, 0.29) is 36.8 Å². The molecular formula is C13H21Cl2N3O. The molecule has 108 valence electrons. The predicted octanol–water partition coefficient (Wildman–Crippen LogP) is 2.10. The van der Waals surface area contributed by atoms with E-state index < -0.39 is 0 Å². The second kappa shape index (κ2) is 8.35. The number of carbonyl (C=O) groups excluding carboxylic acids is 1. The zero-order chi connectivity index (χ0) is 12.3. The van der Waals surface area contributed by atoms with Crippen molar-refractivity contribution in [3.8, 4) is 0 Å². The fraction of sp³-hybridized carbons (Fsp3) is 0.538. The lowest BCUT2D eigenvalue weighted by Crippen LogP contribution is -2.46. The van der Waals surface area contributed by atoms with Crippen molar-refractivity contribution in [2.75, 3.05) is 6.54 Å². The van der Waals surface area contributed by atoms with Gasteiger partial charge in [-0.2, -0.15) is 0 Å². The van der Waals surface area contributed by atoms with Gasteiger partial charge in [-0.3, -0.25) is 9.78 Å². The Morgan fingerprint density at radius 3 is 2.84 bits per heavy atom. The van der Waals surface area contributed by atoms with Crippen LogP contribution in [0.15, 0.2) is 18.3 Å². The monoisotopic (exact) mass is 305 g/mol. The summed E-state index contributed by atoms with van der Waals surface area (Å²) in [5.41, 5.74) is 1.46. The molecule has 0 radical (unpaired) electrons. The van der Waals surface area contributed by atoms with E-state index in [9.17, 15) is 4.79 Å². The minimum atomic E-state index is -0.00491. The predicted molar refractivity (Wildman–Crippen MR) is 81.4 cm³/mol. The maximum absolute atomic E-state index is 12.1. The van der Waals surface area contributed by atoms with Crippen LogP contribution in [0.25, 0.3) is 0 Å². The molecule has 1 aliphatic rings. The topological polar surface area (TPSA) is 54.0 Å². The largest absolute Gasteiger partial charge is 0.349 e. The molecule has 19 heavy (non-hydrogen) atoms. The van der Waals surface area contributed by atoms with Crippen LogP contribution in [0.2, 0.25) is 0 Å². The number of carbonyl (C=O) groups is 1. The standard InChI is InChI=1S/C13H19N3O.2ClH/c1-9-8-11(5-7-14-9)16-13(17)12-4-3-6-15-10(12)2;;/h3-4,6,9,11,14H,5,7-8H2,1-2H3,(H,16,17);2*1H. The number of hydrogen-bond donors (Lipinski definition) is 2. The Balaban J connectivity index is 0.00000162. The molecule has 0 saturated carbocycles. The molecule has 1 saturated heterocycles. The van der Waals surface area contributed by atoms with Gasteiger partial charge >= 0.3 is 0 Å². The number of nitrogens with one attached hydrogen (secondary N) is 2. The van der Waals surface area contributed by atoms with Crippen LogP contribution in [0.1, 0.15) is 35.8 Å². The Morgan fingerprint density at radius 2 is 2.21 bits per heavy atom. The van der Waals surface area contributed by atoms with Crippen LogP contribution in [0.3, 0.4) is 0 Å². The molecule has 4 nitrogen and oxygen atoms in total. The van der Waals surface area contributed by atoms with Crippen molar-refractivity contribution in [2.24, 2.45) is 0 Å². The summed E-state index contributed by atoms with van der Waals surface area (Å²) < 4.78 is 0. The van der Waals surface area contributed by atoms with Gasteiger partial charge in [0.1, 0.15) is 0 Å². The third kappa shape index (κ3) is 4.97. The van der Waals surface area contributed by atoms with Gasteiger partial charge in [-0.15, -0.1) is 24.8 Å². The third-order valence-electron chi connectivity index (χ3n) is 3.21. The van der Waals surface area contributed by atoms with E-state index in [4.69, 9.17) is 0 Å². The fourth-order valence-electron chi connectivity index (χ4n) is 2.25. The zero-order valence-electron chi connectivity index (χ0n) is 11.2. The van der Waals surface area contributed by atoms with Crippen LogP contribution in [-0.4, -0.2) is 29.5 Å². The molecular weight excluding hydrogens is 285 g/mol. The van der Waals surface area contributed by atoms with Crippen LogP contribution >= 0.6 is 24.8 Å². The first kappa shape index (κ1) is 18.2. The van der Waals surface area contributed by atoms with Crippen LogP contribution in [0, 0.1) is 6.92 Å². The Bertz CT molecular complexity index is 415. The van der Waals surface area contributed by atoms with E-state index in [1.165, 1.54) is 0 Å². The zero-order valence-corrected chi connectivity index (χ0v) is 12.8. The number of amides is 1. The molecule has 1 aromatic rings. The fourth-order valence-corrected chi connectivity index (χ4v) is 2.25. The molecule has 2 heterocycles. The number of piperidine rings is 1. The lowest BCUT2D eigenvalue weighted by Gasteiger charge is -2.28. The van der Waals surface area contributed by atoms with Gasteiger partial charge < -0.3 is 10.6 Å². The summed E-state index contributed by atoms with van der Waals surface area (Å²) in [6.45, 7) is 4.98. The maximum atomic E-state index is 12.1. The maximum Gasteiger partial charge on any atom is 0.253 e. The molecule has 0 bridgehead atoms. The number of halogens is 2. The first-order chi connectivity index (χ1) is 8.16. The van der Waals surface area contributed by atoms with Crippen molar-refractivity contribution < 1.29 is 4.79 Å². The van der Waals surface area contributed by atoms with Crippen LogP contribution in [0.5, 0.6) is 0 Å². The van der Waals surface area contributed by atoms with Gasteiger partial charge in [0, 0.05) is 24.0 Å². The summed E-state index contributed by atoms with van der Waals surface area (Å²) in [7, 11) is 0. The smallest absolute Gasteiger partial charge is 0.253 e. The summed E-state index contributed by atoms with van der Waals surface area (Å²) >= 11 is 0. The van der Waals surface area contributed by atoms with Crippen molar-refractivity contribution >= 4 is 30.7 Å². The molecule has 1 fully saturated rings. The van der Waals surface area contributed by atoms with Gasteiger partial charge in [0.05, 0.1) is 5.56 Å². The lowest BCUT2D eigenvalue weighted by atomic mass is 10.00. The Morgan fingerprint density at radius 1 is 1.47 bits per heavy atom. The van der Waals surface area contributed by atoms with Gasteiger partial charge in [0.25, 0.3) is 5.91 Å².